The first-order valence-electron chi connectivity index (χ1n) is 6.79. The molecule has 0 saturated carbocycles. The van der Waals surface area contributed by atoms with Crippen molar-refractivity contribution in [3.05, 3.63) is 58.6 Å². The molecule has 0 saturated heterocycles. The third kappa shape index (κ3) is 4.00. The molecule has 0 unspecified atom stereocenters. The molecule has 0 spiro atoms. The van der Waals surface area contributed by atoms with Gasteiger partial charge in [0, 0.05) is 37.4 Å². The number of aliphatic hydroxyl groups excluding tert-OH is 2. The highest BCUT2D eigenvalue weighted by Crippen LogP contribution is 2.05. The number of carbonyl (C=O) groups is 1. The largest absolute Gasteiger partial charge is 0.396 e. The number of nitrogens with one attached hydrogen (secondary N) is 1. The van der Waals surface area contributed by atoms with Crippen LogP contribution in [0.1, 0.15) is 10.4 Å². The summed E-state index contributed by atoms with van der Waals surface area (Å²) in [5.74, 6) is -0.627. The maximum Gasteiger partial charge on any atom is 0.349 e. The van der Waals surface area contributed by atoms with E-state index in [2.05, 4.69) is 10.3 Å². The summed E-state index contributed by atoms with van der Waals surface area (Å²) >= 11 is 0. The van der Waals surface area contributed by atoms with Crippen molar-refractivity contribution in [2.45, 2.75) is 6.54 Å². The van der Waals surface area contributed by atoms with Crippen molar-refractivity contribution in [3.8, 4) is 0 Å². The Labute approximate surface area is 126 Å². The Morgan fingerprint density at radius 3 is 2.45 bits per heavy atom. The molecule has 0 aliphatic rings. The van der Waals surface area contributed by atoms with Gasteiger partial charge >= 0.3 is 5.69 Å². The third-order valence-electron chi connectivity index (χ3n) is 3.12. The molecule has 22 heavy (non-hydrogen) atoms. The molecule has 1 heterocycles. The van der Waals surface area contributed by atoms with Crippen molar-refractivity contribution in [1.29, 1.82) is 0 Å². The van der Waals surface area contributed by atoms with Crippen LogP contribution < -0.4 is 11.0 Å². The Balaban J connectivity index is 2.09. The van der Waals surface area contributed by atoms with Crippen molar-refractivity contribution in [2.75, 3.05) is 18.5 Å². The lowest BCUT2D eigenvalue weighted by Crippen LogP contribution is -2.29. The zero-order chi connectivity index (χ0) is 15.9. The van der Waals surface area contributed by atoms with Gasteiger partial charge in [-0.1, -0.05) is 18.2 Å². The monoisotopic (exact) mass is 303 g/mol. The molecule has 0 fully saturated rings. The van der Waals surface area contributed by atoms with Crippen LogP contribution in [-0.4, -0.2) is 38.9 Å². The van der Waals surface area contributed by atoms with E-state index in [1.807, 2.05) is 0 Å². The first kappa shape index (κ1) is 15.9. The van der Waals surface area contributed by atoms with Crippen LogP contribution in [0.15, 0.2) is 47.4 Å². The van der Waals surface area contributed by atoms with Gasteiger partial charge in [-0.2, -0.15) is 4.98 Å². The lowest BCUT2D eigenvalue weighted by molar-refractivity contribution is 0.102. The van der Waals surface area contributed by atoms with Crippen molar-refractivity contribution in [3.63, 3.8) is 0 Å². The molecule has 0 atom stereocenters. The van der Waals surface area contributed by atoms with Crippen LogP contribution in [0, 0.1) is 5.92 Å². The summed E-state index contributed by atoms with van der Waals surface area (Å²) < 4.78 is 1.27. The fraction of sp³-hybridized carbons (Fsp3) is 0.267. The number of hydrogen-bond donors (Lipinski definition) is 3. The molecular weight excluding hydrogens is 286 g/mol. The number of aromatic nitrogens is 2. The maximum atomic E-state index is 12.0. The first-order valence-corrected chi connectivity index (χ1v) is 6.79. The van der Waals surface area contributed by atoms with Gasteiger partial charge < -0.3 is 15.5 Å². The second kappa shape index (κ2) is 7.48. The summed E-state index contributed by atoms with van der Waals surface area (Å²) in [4.78, 5) is 27.6. The van der Waals surface area contributed by atoms with E-state index >= 15 is 0 Å². The molecule has 0 aliphatic heterocycles. The predicted octanol–water partition coefficient (Wildman–Crippen LogP) is 0.0964. The minimum Gasteiger partial charge on any atom is -0.396 e. The van der Waals surface area contributed by atoms with Crippen LogP contribution >= 0.6 is 0 Å². The van der Waals surface area contributed by atoms with Gasteiger partial charge in [-0.3, -0.25) is 9.36 Å². The number of carbonyl (C=O) groups excluding carboxylic acids is 1. The molecule has 7 heteroatoms. The Morgan fingerprint density at radius 2 is 1.86 bits per heavy atom. The number of aliphatic hydroxyl groups is 2. The molecule has 1 aromatic heterocycles. The second-order valence-corrected chi connectivity index (χ2v) is 4.80. The average Bonchev–Trinajstić information content (AvgIpc) is 2.55. The SMILES string of the molecule is O=C(Nc1ccn(CC(CO)CO)c(=O)n1)c1ccccc1. The standard InChI is InChI=1S/C15H17N3O4/c19-9-11(10-20)8-18-7-6-13(17-15(18)22)16-14(21)12-4-2-1-3-5-12/h1-7,11,19-20H,8-10H2,(H,16,17,21,22). The number of nitrogens with zero attached hydrogens (tertiary/aromatic N) is 2. The molecule has 3 N–H and O–H groups in total. The highest BCUT2D eigenvalue weighted by atomic mass is 16.3. The zero-order valence-corrected chi connectivity index (χ0v) is 11.8. The van der Waals surface area contributed by atoms with Gasteiger partial charge in [0.2, 0.25) is 0 Å². The van der Waals surface area contributed by atoms with Gasteiger partial charge in [0.25, 0.3) is 5.91 Å². The lowest BCUT2D eigenvalue weighted by atomic mass is 10.2. The highest BCUT2D eigenvalue weighted by molar-refractivity contribution is 6.03. The van der Waals surface area contributed by atoms with Crippen molar-refractivity contribution in [1.82, 2.24) is 9.55 Å². The fourth-order valence-corrected chi connectivity index (χ4v) is 1.87. The Morgan fingerprint density at radius 1 is 1.18 bits per heavy atom. The zero-order valence-electron chi connectivity index (χ0n) is 11.8. The average molecular weight is 303 g/mol. The summed E-state index contributed by atoms with van der Waals surface area (Å²) in [7, 11) is 0. The lowest BCUT2D eigenvalue weighted by Gasteiger charge is -2.12. The van der Waals surface area contributed by atoms with E-state index in [4.69, 9.17) is 10.2 Å². The summed E-state index contributed by atoms with van der Waals surface area (Å²) in [6, 6.07) is 10.1. The van der Waals surface area contributed by atoms with E-state index < -0.39 is 11.6 Å². The van der Waals surface area contributed by atoms with Gasteiger partial charge in [-0.05, 0) is 18.2 Å². The van der Waals surface area contributed by atoms with E-state index in [9.17, 15) is 9.59 Å². The van der Waals surface area contributed by atoms with Crippen LogP contribution in [0.2, 0.25) is 0 Å². The molecule has 0 bridgehead atoms. The van der Waals surface area contributed by atoms with Crippen LogP contribution in [0.25, 0.3) is 0 Å². The van der Waals surface area contributed by atoms with E-state index in [1.165, 1.54) is 16.8 Å². The number of hydrogen-bond acceptors (Lipinski definition) is 5. The van der Waals surface area contributed by atoms with Gasteiger partial charge in [0.1, 0.15) is 5.82 Å². The van der Waals surface area contributed by atoms with Crippen LogP contribution in [0.5, 0.6) is 0 Å². The van der Waals surface area contributed by atoms with E-state index in [0.717, 1.165) is 0 Å². The van der Waals surface area contributed by atoms with E-state index in [-0.39, 0.29) is 31.5 Å². The minimum absolute atomic E-state index is 0.152. The quantitative estimate of drug-likeness (QED) is 0.702. The van der Waals surface area contributed by atoms with Gasteiger partial charge in [-0.15, -0.1) is 0 Å². The molecule has 2 rings (SSSR count). The predicted molar refractivity (Wildman–Crippen MR) is 80.6 cm³/mol. The topological polar surface area (TPSA) is 104 Å². The van der Waals surface area contributed by atoms with E-state index in [1.54, 1.807) is 30.3 Å². The van der Waals surface area contributed by atoms with Crippen molar-refractivity contribution >= 4 is 11.7 Å². The Kier molecular flexibility index (Phi) is 5.40. The molecule has 1 aromatic carbocycles. The summed E-state index contributed by atoms with van der Waals surface area (Å²) in [6.45, 7) is -0.295. The van der Waals surface area contributed by atoms with Gasteiger partial charge in [0.15, 0.2) is 0 Å². The summed E-state index contributed by atoms with van der Waals surface area (Å²) in [5.41, 5.74) is -0.0909. The molecule has 1 amide bonds. The van der Waals surface area contributed by atoms with Crippen molar-refractivity contribution < 1.29 is 15.0 Å². The Bertz CT molecular complexity index is 681. The number of rotatable bonds is 6. The second-order valence-electron chi connectivity index (χ2n) is 4.80. The molecule has 2 aromatic rings. The highest BCUT2D eigenvalue weighted by Gasteiger charge is 2.10. The molecule has 116 valence electrons. The molecule has 7 nitrogen and oxygen atoms in total. The third-order valence-corrected chi connectivity index (χ3v) is 3.12. The number of anilines is 1. The molecule has 0 aliphatic carbocycles. The van der Waals surface area contributed by atoms with Crippen molar-refractivity contribution in [2.24, 2.45) is 5.92 Å². The smallest absolute Gasteiger partial charge is 0.349 e. The molecular formula is C15H17N3O4. The Hall–Kier alpha value is -2.51. The van der Waals surface area contributed by atoms with Crippen LogP contribution in [0.3, 0.4) is 0 Å². The normalized spacial score (nSPS) is 10.7. The summed E-state index contributed by atoms with van der Waals surface area (Å²) in [5, 5.41) is 20.6. The first-order chi connectivity index (χ1) is 10.6. The minimum atomic E-state index is -0.558. The van der Waals surface area contributed by atoms with Gasteiger partial charge in [0.05, 0.1) is 0 Å². The molecule has 0 radical (unpaired) electrons. The van der Waals surface area contributed by atoms with Gasteiger partial charge in [-0.25, -0.2) is 4.79 Å². The van der Waals surface area contributed by atoms with E-state index in [0.29, 0.717) is 5.56 Å². The number of benzene rings is 1. The van der Waals surface area contributed by atoms with Crippen LogP contribution in [-0.2, 0) is 6.54 Å². The maximum absolute atomic E-state index is 12.0. The number of amides is 1. The van der Waals surface area contributed by atoms with Crippen LogP contribution in [0.4, 0.5) is 5.82 Å². The fourth-order valence-electron chi connectivity index (χ4n) is 1.87. The summed E-state index contributed by atoms with van der Waals surface area (Å²) in [6.07, 6.45) is 1.47.